The van der Waals surface area contributed by atoms with E-state index in [0.29, 0.717) is 0 Å². The normalized spacial score (nSPS) is 14.1. The zero-order chi connectivity index (χ0) is 44.4. The van der Waals surface area contributed by atoms with Gasteiger partial charge in [-0.15, -0.1) is 0 Å². The van der Waals surface area contributed by atoms with E-state index in [4.69, 9.17) is 8.83 Å². The molecule has 0 saturated carbocycles. The van der Waals surface area contributed by atoms with Gasteiger partial charge in [-0.3, -0.25) is 0 Å². The number of nitrogens with zero attached hydrogens (tertiary/aromatic N) is 1. The Labute approximate surface area is 388 Å². The molecule has 2 aromatic heterocycles. The van der Waals surface area contributed by atoms with Gasteiger partial charge in [0.2, 0.25) is 0 Å². The van der Waals surface area contributed by atoms with Crippen molar-refractivity contribution in [2.75, 3.05) is 4.90 Å². The molecule has 2 aliphatic carbocycles. The lowest BCUT2D eigenvalue weighted by molar-refractivity contribution is 0.660. The van der Waals surface area contributed by atoms with Crippen molar-refractivity contribution in [3.05, 3.63) is 258 Å². The van der Waals surface area contributed by atoms with Crippen LogP contribution >= 0.6 is 0 Å². The van der Waals surface area contributed by atoms with Crippen LogP contribution in [0.15, 0.2) is 233 Å². The van der Waals surface area contributed by atoms with Gasteiger partial charge >= 0.3 is 0 Å². The summed E-state index contributed by atoms with van der Waals surface area (Å²) >= 11 is 0. The van der Waals surface area contributed by atoms with Gasteiger partial charge in [0.25, 0.3) is 0 Å². The average Bonchev–Trinajstić information content (AvgIpc) is 4.09. The minimum Gasteiger partial charge on any atom is -0.456 e. The molecular weight excluding hydrogens is 815 g/mol. The van der Waals surface area contributed by atoms with Gasteiger partial charge in [-0.05, 0) is 133 Å². The van der Waals surface area contributed by atoms with Gasteiger partial charge in [0.1, 0.15) is 22.3 Å². The van der Waals surface area contributed by atoms with Crippen LogP contribution in [-0.2, 0) is 10.8 Å². The van der Waals surface area contributed by atoms with E-state index in [-0.39, 0.29) is 5.41 Å². The number of rotatable bonds is 6. The summed E-state index contributed by atoms with van der Waals surface area (Å²) in [5.74, 6) is 0. The van der Waals surface area contributed by atoms with Crippen molar-refractivity contribution in [3.8, 4) is 33.4 Å². The maximum atomic E-state index is 6.70. The van der Waals surface area contributed by atoms with Crippen molar-refractivity contribution in [1.29, 1.82) is 0 Å². The fourth-order valence-electron chi connectivity index (χ4n) is 11.8. The largest absolute Gasteiger partial charge is 0.456 e. The van der Waals surface area contributed by atoms with Gasteiger partial charge in [0, 0.05) is 50.1 Å². The van der Waals surface area contributed by atoms with E-state index >= 15 is 0 Å². The van der Waals surface area contributed by atoms with Gasteiger partial charge in [0.05, 0.1) is 5.41 Å². The minimum atomic E-state index is -0.472. The molecular formula is C64H43NO2. The van der Waals surface area contributed by atoms with E-state index in [2.05, 4.69) is 231 Å². The van der Waals surface area contributed by atoms with Gasteiger partial charge in [-0.1, -0.05) is 166 Å². The van der Waals surface area contributed by atoms with Crippen LogP contribution in [0.2, 0.25) is 0 Å². The zero-order valence-electron chi connectivity index (χ0n) is 37.1. The molecule has 0 atom stereocenters. The van der Waals surface area contributed by atoms with Gasteiger partial charge in [-0.2, -0.15) is 0 Å². The first-order chi connectivity index (χ1) is 32.9. The Bertz CT molecular complexity index is 3920. The molecule has 316 valence electrons. The number of furan rings is 2. The Balaban J connectivity index is 0.866. The van der Waals surface area contributed by atoms with E-state index < -0.39 is 5.41 Å². The predicted molar refractivity (Wildman–Crippen MR) is 276 cm³/mol. The third-order valence-electron chi connectivity index (χ3n) is 15.0. The van der Waals surface area contributed by atoms with Crippen molar-refractivity contribution >= 4 is 60.9 Å². The lowest BCUT2D eigenvalue weighted by Crippen LogP contribution is -2.28. The van der Waals surface area contributed by atoms with Crippen LogP contribution < -0.4 is 4.90 Å². The highest BCUT2D eigenvalue weighted by Crippen LogP contribution is 2.57. The summed E-state index contributed by atoms with van der Waals surface area (Å²) in [6.07, 6.45) is 0. The SMILES string of the molecule is CC1(C)c2ccccc2-c2ccc(N(c3ccc(-c4ccc5c(c4)oc4ccc(C6(c7ccccc7)c7ccccc7-c7ccccc76)cc45)cc3)c3ccc4c(c3)oc3ccccc34)cc21. The van der Waals surface area contributed by atoms with Crippen LogP contribution in [0, 0.1) is 0 Å². The molecule has 3 heteroatoms. The maximum Gasteiger partial charge on any atom is 0.137 e. The summed E-state index contributed by atoms with van der Waals surface area (Å²) in [4.78, 5) is 2.36. The topological polar surface area (TPSA) is 29.5 Å². The van der Waals surface area contributed by atoms with E-state index in [1.165, 1.54) is 55.6 Å². The summed E-state index contributed by atoms with van der Waals surface area (Å²) in [5.41, 5.74) is 21.3. The number of para-hydroxylation sites is 1. The lowest BCUT2D eigenvalue weighted by Gasteiger charge is -2.33. The first-order valence-corrected chi connectivity index (χ1v) is 23.2. The molecule has 67 heavy (non-hydrogen) atoms. The summed E-state index contributed by atoms with van der Waals surface area (Å²) in [6.45, 7) is 4.68. The monoisotopic (exact) mass is 857 g/mol. The van der Waals surface area contributed by atoms with Crippen LogP contribution in [0.1, 0.15) is 47.2 Å². The van der Waals surface area contributed by atoms with Crippen LogP contribution in [0.3, 0.4) is 0 Å². The Morgan fingerprint density at radius 2 is 0.836 bits per heavy atom. The second-order valence-corrected chi connectivity index (χ2v) is 18.8. The van der Waals surface area contributed by atoms with E-state index in [1.54, 1.807) is 0 Å². The number of anilines is 3. The molecule has 0 fully saturated rings. The van der Waals surface area contributed by atoms with E-state index in [1.807, 2.05) is 12.1 Å². The van der Waals surface area contributed by atoms with Crippen LogP contribution in [0.25, 0.3) is 77.3 Å². The molecule has 0 aliphatic heterocycles. The molecule has 10 aromatic carbocycles. The molecule has 3 nitrogen and oxygen atoms in total. The third-order valence-corrected chi connectivity index (χ3v) is 15.0. The minimum absolute atomic E-state index is 0.131. The molecule has 0 spiro atoms. The van der Waals surface area contributed by atoms with Crippen molar-refractivity contribution in [2.24, 2.45) is 0 Å². The van der Waals surface area contributed by atoms with Crippen molar-refractivity contribution in [3.63, 3.8) is 0 Å². The molecule has 14 rings (SSSR count). The van der Waals surface area contributed by atoms with Crippen molar-refractivity contribution < 1.29 is 8.83 Å². The molecule has 0 saturated heterocycles. The smallest absolute Gasteiger partial charge is 0.137 e. The summed E-state index contributed by atoms with van der Waals surface area (Å²) in [5, 5.41) is 4.46. The van der Waals surface area contributed by atoms with Crippen molar-refractivity contribution in [2.45, 2.75) is 24.7 Å². The summed E-state index contributed by atoms with van der Waals surface area (Å²) < 4.78 is 13.2. The fourth-order valence-corrected chi connectivity index (χ4v) is 11.8. The molecule has 2 heterocycles. The van der Waals surface area contributed by atoms with Crippen LogP contribution in [-0.4, -0.2) is 0 Å². The number of hydrogen-bond acceptors (Lipinski definition) is 3. The molecule has 0 unspecified atom stereocenters. The summed E-state index contributed by atoms with van der Waals surface area (Å²) in [6, 6.07) is 81.9. The first-order valence-electron chi connectivity index (χ1n) is 23.2. The number of fused-ring (bicyclic) bond motifs is 12. The number of hydrogen-bond donors (Lipinski definition) is 0. The van der Waals surface area contributed by atoms with Crippen LogP contribution in [0.5, 0.6) is 0 Å². The second kappa shape index (κ2) is 14.1. The Morgan fingerprint density at radius 3 is 1.60 bits per heavy atom. The molecule has 0 radical (unpaired) electrons. The highest BCUT2D eigenvalue weighted by atomic mass is 16.3. The third kappa shape index (κ3) is 5.40. The van der Waals surface area contributed by atoms with Crippen LogP contribution in [0.4, 0.5) is 17.1 Å². The highest BCUT2D eigenvalue weighted by molar-refractivity contribution is 6.08. The second-order valence-electron chi connectivity index (χ2n) is 18.8. The molecule has 2 aliphatic rings. The van der Waals surface area contributed by atoms with E-state index in [9.17, 15) is 0 Å². The Kier molecular flexibility index (Phi) is 7.95. The molecule has 0 N–H and O–H groups in total. The molecule has 0 bridgehead atoms. The van der Waals surface area contributed by atoms with Crippen molar-refractivity contribution in [1.82, 2.24) is 0 Å². The fraction of sp³-hybridized carbons (Fsp3) is 0.0625. The van der Waals surface area contributed by atoms with E-state index in [0.717, 1.165) is 72.1 Å². The lowest BCUT2D eigenvalue weighted by atomic mass is 9.67. The Hall–Kier alpha value is -8.40. The molecule has 12 aromatic rings. The molecule has 0 amide bonds. The quantitative estimate of drug-likeness (QED) is 0.167. The average molecular weight is 858 g/mol. The highest BCUT2D eigenvalue weighted by Gasteiger charge is 2.46. The predicted octanol–water partition coefficient (Wildman–Crippen LogP) is 17.3. The van der Waals surface area contributed by atoms with Gasteiger partial charge < -0.3 is 13.7 Å². The number of benzene rings is 10. The standard InChI is InChI=1S/C64H43NO2/c1-63(2)55-20-10-6-16-47(55)50-33-30-45(38-58(50)63)65(46-31-34-52-51-19-9-13-23-59(51)66-62(52)39-46)44-28-24-40(25-29-44)41-26-32-53-54-37-43(27-35-60(54)67-61(53)36-41)64(42-14-4-3-5-15-42)56-21-11-7-17-48(56)49-18-8-12-22-57(49)64/h3-39H,1-2H3. The Morgan fingerprint density at radius 1 is 0.313 bits per heavy atom. The van der Waals surface area contributed by atoms with Gasteiger partial charge in [0.15, 0.2) is 0 Å². The maximum absolute atomic E-state index is 6.70. The summed E-state index contributed by atoms with van der Waals surface area (Å²) in [7, 11) is 0. The zero-order valence-corrected chi connectivity index (χ0v) is 37.1. The van der Waals surface area contributed by atoms with Gasteiger partial charge in [-0.25, -0.2) is 0 Å². The first kappa shape index (κ1) is 37.9.